The summed E-state index contributed by atoms with van der Waals surface area (Å²) in [6, 6.07) is 0. The molecule has 18 heavy (non-hydrogen) atoms. The van der Waals surface area contributed by atoms with Gasteiger partial charge in [0, 0.05) is 6.54 Å². The summed E-state index contributed by atoms with van der Waals surface area (Å²) in [4.78, 5) is 6.24. The van der Waals surface area contributed by atoms with E-state index in [0.29, 0.717) is 0 Å². The average molecular weight is 259 g/mol. The lowest BCUT2D eigenvalue weighted by Gasteiger charge is -2.20. The van der Waals surface area contributed by atoms with E-state index in [2.05, 4.69) is 22.3 Å². The highest BCUT2D eigenvalue weighted by Gasteiger charge is 2.02. The van der Waals surface area contributed by atoms with Crippen LogP contribution in [-0.2, 0) is 0 Å². The maximum Gasteiger partial charge on any atom is 0.0825 e. The van der Waals surface area contributed by atoms with Crippen LogP contribution in [0.5, 0.6) is 0 Å². The Morgan fingerprint density at radius 2 is 1.39 bits per heavy atom. The number of piperidine rings is 1. The quantitative estimate of drug-likeness (QED) is 0.716. The van der Waals surface area contributed by atoms with E-state index in [-0.39, 0.29) is 0 Å². The number of aliphatic imine (C=N–C) groups is 1. The molecule has 0 aromatic rings. The van der Waals surface area contributed by atoms with Gasteiger partial charge in [0.15, 0.2) is 0 Å². The molecule has 2 rings (SSSR count). The van der Waals surface area contributed by atoms with Gasteiger partial charge in [0.2, 0.25) is 0 Å². The second-order valence-electron chi connectivity index (χ2n) is 3.35. The summed E-state index contributed by atoms with van der Waals surface area (Å²) in [5, 5.41) is 2.93. The molecule has 0 aliphatic carbocycles. The van der Waals surface area contributed by atoms with Crippen LogP contribution in [0.3, 0.4) is 0 Å². The molecule has 2 aliphatic heterocycles. The Balaban J connectivity index is -0.000000181. The molecule has 112 valence electrons. The van der Waals surface area contributed by atoms with E-state index in [1.165, 1.54) is 32.4 Å². The van der Waals surface area contributed by atoms with Crippen molar-refractivity contribution in [1.29, 1.82) is 0 Å². The predicted octanol–water partition coefficient (Wildman–Crippen LogP) is 3.80. The minimum absolute atomic E-state index is 0.958. The molecule has 0 spiro atoms. The zero-order valence-corrected chi connectivity index (χ0v) is 13.9. The Kier molecular flexibility index (Phi) is 31.8. The maximum atomic E-state index is 3.85. The van der Waals surface area contributed by atoms with Crippen LogP contribution in [-0.4, -0.2) is 44.5 Å². The van der Waals surface area contributed by atoms with Gasteiger partial charge in [-0.25, -0.2) is 0 Å². The molecule has 3 heteroatoms. The molecule has 0 aromatic heterocycles. The van der Waals surface area contributed by atoms with Crippen molar-refractivity contribution in [1.82, 2.24) is 10.2 Å². The SMILES string of the molecule is C1=NCCN1.CC.CC.CC.CN1CCCCC1. The topological polar surface area (TPSA) is 27.6 Å². The van der Waals surface area contributed by atoms with Gasteiger partial charge in [-0.1, -0.05) is 48.0 Å². The Hall–Kier alpha value is -0.570. The molecule has 0 amide bonds. The van der Waals surface area contributed by atoms with Crippen molar-refractivity contribution in [2.24, 2.45) is 4.99 Å². The molecule has 0 bridgehead atoms. The lowest BCUT2D eigenvalue weighted by molar-refractivity contribution is 0.277. The highest BCUT2D eigenvalue weighted by molar-refractivity contribution is 5.56. The summed E-state index contributed by atoms with van der Waals surface area (Å²) in [6.07, 6.45) is 6.01. The first-order valence-corrected chi connectivity index (χ1v) is 7.80. The lowest BCUT2D eigenvalue weighted by atomic mass is 10.1. The van der Waals surface area contributed by atoms with Gasteiger partial charge < -0.3 is 10.2 Å². The third-order valence-electron chi connectivity index (χ3n) is 2.15. The van der Waals surface area contributed by atoms with Gasteiger partial charge in [0.05, 0.1) is 12.9 Å². The zero-order valence-electron chi connectivity index (χ0n) is 13.9. The summed E-state index contributed by atoms with van der Waals surface area (Å²) >= 11 is 0. The van der Waals surface area contributed by atoms with E-state index in [1.54, 1.807) is 6.34 Å². The molecule has 2 aliphatic rings. The molecule has 1 N–H and O–H groups in total. The Morgan fingerprint density at radius 1 is 0.889 bits per heavy atom. The van der Waals surface area contributed by atoms with Gasteiger partial charge in [-0.15, -0.1) is 0 Å². The number of rotatable bonds is 0. The fourth-order valence-corrected chi connectivity index (χ4v) is 1.37. The first kappa shape index (κ1) is 22.6. The molecule has 0 atom stereocenters. The van der Waals surface area contributed by atoms with Crippen molar-refractivity contribution in [2.45, 2.75) is 60.8 Å². The van der Waals surface area contributed by atoms with E-state index >= 15 is 0 Å². The van der Waals surface area contributed by atoms with Crippen LogP contribution in [0, 0.1) is 0 Å². The molecule has 3 nitrogen and oxygen atoms in total. The van der Waals surface area contributed by atoms with Crippen molar-refractivity contribution >= 4 is 6.34 Å². The number of likely N-dealkylation sites (tertiary alicyclic amines) is 1. The summed E-state index contributed by atoms with van der Waals surface area (Å²) in [5.74, 6) is 0. The van der Waals surface area contributed by atoms with E-state index in [0.717, 1.165) is 13.1 Å². The lowest BCUT2D eigenvalue weighted by Crippen LogP contribution is -2.24. The van der Waals surface area contributed by atoms with Crippen LogP contribution in [0.1, 0.15) is 60.8 Å². The predicted molar refractivity (Wildman–Crippen MR) is 86.8 cm³/mol. The van der Waals surface area contributed by atoms with Gasteiger partial charge in [0.1, 0.15) is 0 Å². The second kappa shape index (κ2) is 25.3. The molecule has 1 saturated heterocycles. The standard InChI is InChI=1S/C6H13N.C3H6N2.3C2H6/c1-7-5-3-2-4-6-7;1-2-5-3-4-1;3*1-2/h2-6H2,1H3;3H,1-2H2,(H,4,5);3*1-2H3. The molecule has 0 unspecified atom stereocenters. The third kappa shape index (κ3) is 20.8. The Bertz CT molecular complexity index is 124. The first-order valence-electron chi connectivity index (χ1n) is 7.80. The van der Waals surface area contributed by atoms with Crippen LogP contribution >= 0.6 is 0 Å². The zero-order chi connectivity index (χ0) is 14.6. The Labute approximate surface area is 116 Å². The van der Waals surface area contributed by atoms with Gasteiger partial charge in [-0.3, -0.25) is 4.99 Å². The minimum Gasteiger partial charge on any atom is -0.375 e. The summed E-state index contributed by atoms with van der Waals surface area (Å²) in [6.45, 7) is 16.6. The van der Waals surface area contributed by atoms with Crippen LogP contribution in [0.25, 0.3) is 0 Å². The number of hydrogen-bond acceptors (Lipinski definition) is 3. The molecule has 0 aromatic carbocycles. The van der Waals surface area contributed by atoms with E-state index in [9.17, 15) is 0 Å². The smallest absolute Gasteiger partial charge is 0.0825 e. The van der Waals surface area contributed by atoms with Crippen LogP contribution in [0.15, 0.2) is 4.99 Å². The van der Waals surface area contributed by atoms with Gasteiger partial charge in [0.25, 0.3) is 0 Å². The summed E-state index contributed by atoms with van der Waals surface area (Å²) < 4.78 is 0. The number of nitrogens with zero attached hydrogens (tertiary/aromatic N) is 2. The van der Waals surface area contributed by atoms with Gasteiger partial charge in [-0.05, 0) is 33.0 Å². The highest BCUT2D eigenvalue weighted by atomic mass is 15.1. The number of nitrogens with one attached hydrogen (secondary N) is 1. The molecular formula is C15H37N3. The molecule has 0 radical (unpaired) electrons. The summed E-state index contributed by atoms with van der Waals surface area (Å²) in [7, 11) is 2.19. The van der Waals surface area contributed by atoms with Crippen LogP contribution < -0.4 is 5.32 Å². The summed E-state index contributed by atoms with van der Waals surface area (Å²) in [5.41, 5.74) is 0. The van der Waals surface area contributed by atoms with Gasteiger partial charge >= 0.3 is 0 Å². The van der Waals surface area contributed by atoms with Gasteiger partial charge in [-0.2, -0.15) is 0 Å². The number of hydrogen-bond donors (Lipinski definition) is 1. The molecule has 0 saturated carbocycles. The Morgan fingerprint density at radius 3 is 1.56 bits per heavy atom. The molecule has 1 fully saturated rings. The minimum atomic E-state index is 0.958. The van der Waals surface area contributed by atoms with Crippen molar-refractivity contribution in [3.8, 4) is 0 Å². The largest absolute Gasteiger partial charge is 0.375 e. The van der Waals surface area contributed by atoms with Crippen molar-refractivity contribution in [3.63, 3.8) is 0 Å². The third-order valence-corrected chi connectivity index (χ3v) is 2.15. The van der Waals surface area contributed by atoms with Crippen LogP contribution in [0.4, 0.5) is 0 Å². The van der Waals surface area contributed by atoms with Crippen molar-refractivity contribution in [2.75, 3.05) is 33.2 Å². The average Bonchev–Trinajstić information content (AvgIpc) is 3.06. The first-order chi connectivity index (χ1) is 8.89. The molecular weight excluding hydrogens is 222 g/mol. The fraction of sp³-hybridized carbons (Fsp3) is 0.933. The maximum absolute atomic E-state index is 3.85. The van der Waals surface area contributed by atoms with Crippen LogP contribution in [0.2, 0.25) is 0 Å². The van der Waals surface area contributed by atoms with E-state index in [1.807, 2.05) is 41.5 Å². The monoisotopic (exact) mass is 259 g/mol. The van der Waals surface area contributed by atoms with Crippen molar-refractivity contribution < 1.29 is 0 Å². The van der Waals surface area contributed by atoms with E-state index < -0.39 is 0 Å². The normalized spacial score (nSPS) is 16.2. The molecule has 2 heterocycles. The second-order valence-corrected chi connectivity index (χ2v) is 3.35. The van der Waals surface area contributed by atoms with Crippen molar-refractivity contribution in [3.05, 3.63) is 0 Å². The fourth-order valence-electron chi connectivity index (χ4n) is 1.37. The van der Waals surface area contributed by atoms with E-state index in [4.69, 9.17) is 0 Å². The highest BCUT2D eigenvalue weighted by Crippen LogP contribution is 2.04.